The Kier molecular flexibility index (Phi) is 5.62. The average Bonchev–Trinajstić information content (AvgIpc) is 2.58. The highest BCUT2D eigenvalue weighted by molar-refractivity contribution is 6.39. The van der Waals surface area contributed by atoms with Gasteiger partial charge in [0.2, 0.25) is 0 Å². The molecule has 128 valence electrons. The molecular weight excluding hydrogens is 322 g/mol. The highest BCUT2D eigenvalue weighted by atomic mass is 16.4. The summed E-state index contributed by atoms with van der Waals surface area (Å²) in [6.45, 7) is 3.68. The largest absolute Gasteiger partial charge is 0.545 e. The SMILES string of the molecule is Cc1ccc(C)c(NC(=O)C(=O)N/N=C\c2ccccc2C(=O)[O-])c1. The van der Waals surface area contributed by atoms with Gasteiger partial charge in [-0.2, -0.15) is 5.10 Å². The molecule has 0 saturated heterocycles. The van der Waals surface area contributed by atoms with E-state index >= 15 is 0 Å². The zero-order valence-corrected chi connectivity index (χ0v) is 13.7. The number of hydrazone groups is 1. The number of rotatable bonds is 4. The van der Waals surface area contributed by atoms with E-state index in [1.807, 2.05) is 26.0 Å². The third-order valence-electron chi connectivity index (χ3n) is 3.40. The van der Waals surface area contributed by atoms with Crippen LogP contribution in [0.5, 0.6) is 0 Å². The number of carboxylic acids is 1. The molecule has 2 N–H and O–H groups in total. The Bertz CT molecular complexity index is 859. The lowest BCUT2D eigenvalue weighted by atomic mass is 10.1. The van der Waals surface area contributed by atoms with Crippen molar-refractivity contribution in [1.29, 1.82) is 0 Å². The van der Waals surface area contributed by atoms with E-state index < -0.39 is 17.8 Å². The number of hydrogen-bond donors (Lipinski definition) is 2. The maximum Gasteiger partial charge on any atom is 0.329 e. The number of anilines is 1. The van der Waals surface area contributed by atoms with Gasteiger partial charge in [0, 0.05) is 16.8 Å². The Morgan fingerprint density at radius 3 is 2.48 bits per heavy atom. The Labute approximate surface area is 144 Å². The molecule has 2 rings (SSSR count). The number of carboxylic acid groups (broad SMARTS) is 1. The molecule has 0 spiro atoms. The average molecular weight is 338 g/mol. The minimum absolute atomic E-state index is 0.0691. The predicted molar refractivity (Wildman–Crippen MR) is 91.1 cm³/mol. The van der Waals surface area contributed by atoms with Crippen molar-refractivity contribution in [2.75, 3.05) is 5.32 Å². The number of aromatic carboxylic acids is 1. The number of hydrogen-bond acceptors (Lipinski definition) is 5. The molecule has 0 heterocycles. The lowest BCUT2D eigenvalue weighted by molar-refractivity contribution is -0.255. The lowest BCUT2D eigenvalue weighted by Crippen LogP contribution is -2.32. The molecule has 2 aromatic carbocycles. The molecule has 2 aromatic rings. The Morgan fingerprint density at radius 2 is 1.76 bits per heavy atom. The Morgan fingerprint density at radius 1 is 1.04 bits per heavy atom. The van der Waals surface area contributed by atoms with Gasteiger partial charge in [-0.15, -0.1) is 0 Å². The number of carbonyl (C=O) groups excluding carboxylic acids is 3. The third-order valence-corrected chi connectivity index (χ3v) is 3.40. The molecule has 0 aliphatic rings. The molecule has 0 unspecified atom stereocenters. The molecule has 0 aromatic heterocycles. The van der Waals surface area contributed by atoms with Crippen molar-refractivity contribution in [2.45, 2.75) is 13.8 Å². The first kappa shape index (κ1) is 17.9. The standard InChI is InChI=1S/C18H17N3O4/c1-11-7-8-12(2)15(9-11)20-16(22)17(23)21-19-10-13-5-3-4-6-14(13)18(24)25/h3-10H,1-2H3,(H,20,22)(H,21,23)(H,24,25)/p-1/b19-10-. The quantitative estimate of drug-likeness (QED) is 0.487. The van der Waals surface area contributed by atoms with Crippen LogP contribution in [0.4, 0.5) is 5.69 Å². The van der Waals surface area contributed by atoms with E-state index in [2.05, 4.69) is 15.8 Å². The highest BCUT2D eigenvalue weighted by Gasteiger charge is 2.14. The van der Waals surface area contributed by atoms with Gasteiger partial charge in [-0.1, -0.05) is 36.4 Å². The van der Waals surface area contributed by atoms with Crippen LogP contribution in [0.2, 0.25) is 0 Å². The van der Waals surface area contributed by atoms with Gasteiger partial charge in [-0.05, 0) is 31.0 Å². The zero-order chi connectivity index (χ0) is 18.4. The number of nitrogens with one attached hydrogen (secondary N) is 2. The van der Waals surface area contributed by atoms with Crippen molar-refractivity contribution in [3.05, 3.63) is 64.7 Å². The molecule has 7 heteroatoms. The van der Waals surface area contributed by atoms with E-state index in [0.717, 1.165) is 17.3 Å². The molecule has 0 radical (unpaired) electrons. The second-order valence-corrected chi connectivity index (χ2v) is 5.35. The second-order valence-electron chi connectivity index (χ2n) is 5.35. The molecule has 25 heavy (non-hydrogen) atoms. The van der Waals surface area contributed by atoms with Crippen LogP contribution in [0.3, 0.4) is 0 Å². The second kappa shape index (κ2) is 7.87. The zero-order valence-electron chi connectivity index (χ0n) is 13.7. The highest BCUT2D eigenvalue weighted by Crippen LogP contribution is 2.16. The fourth-order valence-corrected chi connectivity index (χ4v) is 2.06. The van der Waals surface area contributed by atoms with E-state index in [9.17, 15) is 19.5 Å². The van der Waals surface area contributed by atoms with Gasteiger partial charge in [-0.3, -0.25) is 9.59 Å². The summed E-state index contributed by atoms with van der Waals surface area (Å²) in [6.07, 6.45) is 1.13. The molecule has 0 aliphatic carbocycles. The first-order valence-corrected chi connectivity index (χ1v) is 7.40. The van der Waals surface area contributed by atoms with Crippen LogP contribution < -0.4 is 15.8 Å². The molecule has 0 atom stereocenters. The minimum Gasteiger partial charge on any atom is -0.545 e. The van der Waals surface area contributed by atoms with Crippen molar-refractivity contribution < 1.29 is 19.5 Å². The van der Waals surface area contributed by atoms with E-state index in [0.29, 0.717) is 5.69 Å². The van der Waals surface area contributed by atoms with E-state index in [4.69, 9.17) is 0 Å². The number of amides is 2. The van der Waals surface area contributed by atoms with E-state index in [-0.39, 0.29) is 11.1 Å². The third kappa shape index (κ3) is 4.74. The van der Waals surface area contributed by atoms with Gasteiger partial charge in [0.05, 0.1) is 12.2 Å². The Balaban J connectivity index is 2.01. The summed E-state index contributed by atoms with van der Waals surface area (Å²) in [5.74, 6) is -3.21. The summed E-state index contributed by atoms with van der Waals surface area (Å²) >= 11 is 0. The van der Waals surface area contributed by atoms with Crippen LogP contribution in [0.1, 0.15) is 27.0 Å². The Hall–Kier alpha value is -3.48. The molecule has 7 nitrogen and oxygen atoms in total. The summed E-state index contributed by atoms with van der Waals surface area (Å²) in [5, 5.41) is 17.1. The normalized spacial score (nSPS) is 10.5. The fraction of sp³-hybridized carbons (Fsp3) is 0.111. The van der Waals surface area contributed by atoms with Gasteiger partial charge in [-0.25, -0.2) is 5.43 Å². The van der Waals surface area contributed by atoms with Crippen LogP contribution in [0.25, 0.3) is 0 Å². The summed E-state index contributed by atoms with van der Waals surface area (Å²) in [7, 11) is 0. The number of aryl methyl sites for hydroxylation is 2. The van der Waals surface area contributed by atoms with Crippen LogP contribution in [0, 0.1) is 13.8 Å². The fourth-order valence-electron chi connectivity index (χ4n) is 2.06. The smallest absolute Gasteiger partial charge is 0.329 e. The minimum atomic E-state index is -1.36. The molecule has 0 saturated carbocycles. The van der Waals surface area contributed by atoms with E-state index in [1.165, 1.54) is 12.1 Å². The van der Waals surface area contributed by atoms with E-state index in [1.54, 1.807) is 18.2 Å². The van der Waals surface area contributed by atoms with Crippen LogP contribution in [0.15, 0.2) is 47.6 Å². The first-order valence-electron chi connectivity index (χ1n) is 7.40. The van der Waals surface area contributed by atoms with Gasteiger partial charge < -0.3 is 15.2 Å². The number of carbonyl (C=O) groups is 3. The monoisotopic (exact) mass is 338 g/mol. The predicted octanol–water partition coefficient (Wildman–Crippen LogP) is 0.756. The van der Waals surface area contributed by atoms with Gasteiger partial charge in [0.15, 0.2) is 0 Å². The van der Waals surface area contributed by atoms with Crippen LogP contribution >= 0.6 is 0 Å². The number of benzene rings is 2. The van der Waals surface area contributed by atoms with Crippen molar-refractivity contribution in [2.24, 2.45) is 5.10 Å². The summed E-state index contributed by atoms with van der Waals surface area (Å²) in [4.78, 5) is 34.6. The van der Waals surface area contributed by atoms with Crippen LogP contribution in [-0.2, 0) is 9.59 Å². The topological polar surface area (TPSA) is 111 Å². The summed E-state index contributed by atoms with van der Waals surface area (Å²) in [6, 6.07) is 11.5. The van der Waals surface area contributed by atoms with Gasteiger partial charge in [0.25, 0.3) is 0 Å². The molecule has 2 amide bonds. The molecule has 0 fully saturated rings. The van der Waals surface area contributed by atoms with Crippen molar-refractivity contribution in [1.82, 2.24) is 5.43 Å². The van der Waals surface area contributed by atoms with Crippen molar-refractivity contribution in [3.8, 4) is 0 Å². The first-order chi connectivity index (χ1) is 11.9. The van der Waals surface area contributed by atoms with Crippen molar-refractivity contribution in [3.63, 3.8) is 0 Å². The molecular formula is C18H16N3O4-. The van der Waals surface area contributed by atoms with Crippen LogP contribution in [-0.4, -0.2) is 24.0 Å². The summed E-state index contributed by atoms with van der Waals surface area (Å²) < 4.78 is 0. The summed E-state index contributed by atoms with van der Waals surface area (Å²) in [5.41, 5.74) is 4.53. The van der Waals surface area contributed by atoms with Gasteiger partial charge >= 0.3 is 11.8 Å². The van der Waals surface area contributed by atoms with Gasteiger partial charge in [0.1, 0.15) is 0 Å². The maximum absolute atomic E-state index is 11.9. The molecule has 0 aliphatic heterocycles. The maximum atomic E-state index is 11.9. The lowest BCUT2D eigenvalue weighted by Gasteiger charge is -2.08. The number of nitrogens with zero attached hydrogens (tertiary/aromatic N) is 1. The van der Waals surface area contributed by atoms with Crippen molar-refractivity contribution >= 4 is 29.7 Å². The molecule has 0 bridgehead atoms.